The third-order valence-corrected chi connectivity index (χ3v) is 15.2. The molecule has 2 aromatic carbocycles. The normalized spacial score (nSPS) is 16.4. The summed E-state index contributed by atoms with van der Waals surface area (Å²) >= 11 is 0. The van der Waals surface area contributed by atoms with E-state index in [0.717, 1.165) is 0 Å². The van der Waals surface area contributed by atoms with Gasteiger partial charge in [0.1, 0.15) is 66.2 Å². The van der Waals surface area contributed by atoms with E-state index in [4.69, 9.17) is 22.9 Å². The molecule has 0 bridgehead atoms. The van der Waals surface area contributed by atoms with Gasteiger partial charge in [-0.15, -0.1) is 0 Å². The van der Waals surface area contributed by atoms with E-state index >= 15 is 0 Å². The van der Waals surface area contributed by atoms with Gasteiger partial charge < -0.3 is 91.2 Å². The Kier molecular flexibility index (Phi) is 32.4. The monoisotopic (exact) mass is 1260 g/mol. The molecule has 30 heteroatoms. The average Bonchev–Trinajstić information content (AvgIpc) is 1.77. The number of carbonyl (C=O) groups is 13. The number of nitrogens with zero attached hydrogens (tertiary/aromatic N) is 1. The Morgan fingerprint density at radius 2 is 1.07 bits per heavy atom. The zero-order valence-electron chi connectivity index (χ0n) is 52.1. The molecule has 12 amide bonds. The highest BCUT2D eigenvalue weighted by Crippen LogP contribution is 2.20. The van der Waals surface area contributed by atoms with Crippen LogP contribution in [0.25, 0.3) is 0 Å². The number of benzene rings is 2. The van der Waals surface area contributed by atoms with Gasteiger partial charge in [0.15, 0.2) is 0 Å². The summed E-state index contributed by atoms with van der Waals surface area (Å²) in [7, 11) is 0. The number of aromatic hydroxyl groups is 1. The molecule has 0 aromatic heterocycles. The summed E-state index contributed by atoms with van der Waals surface area (Å²) < 4.78 is 0. The predicted octanol–water partition coefficient (Wildman–Crippen LogP) is -3.29. The van der Waals surface area contributed by atoms with Crippen molar-refractivity contribution in [3.8, 4) is 5.75 Å². The lowest BCUT2D eigenvalue weighted by molar-refractivity contribution is -0.142. The molecule has 0 aliphatic carbocycles. The minimum atomic E-state index is -1.54. The molecule has 30 nitrogen and oxygen atoms in total. The summed E-state index contributed by atoms with van der Waals surface area (Å²) in [6, 6.07) is 0.884. The van der Waals surface area contributed by atoms with Gasteiger partial charge in [-0.25, -0.2) is 0 Å². The van der Waals surface area contributed by atoms with Crippen molar-refractivity contribution in [2.75, 3.05) is 26.2 Å². The zero-order valence-corrected chi connectivity index (χ0v) is 52.1. The van der Waals surface area contributed by atoms with E-state index in [9.17, 15) is 72.5 Å². The Hall–Kier alpha value is -8.77. The van der Waals surface area contributed by atoms with E-state index in [1.807, 2.05) is 0 Å². The van der Waals surface area contributed by atoms with Crippen molar-refractivity contribution < 1.29 is 72.5 Å². The first-order valence-electron chi connectivity index (χ1n) is 30.4. The number of phenolic OH excluding ortho intramolecular Hbond substituents is 1. The molecular formula is C60H93N15O15. The summed E-state index contributed by atoms with van der Waals surface area (Å²) in [6.45, 7) is 8.92. The van der Waals surface area contributed by atoms with Crippen LogP contribution in [-0.4, -0.2) is 185 Å². The maximum absolute atomic E-state index is 14.3. The molecule has 1 heterocycles. The molecule has 1 fully saturated rings. The van der Waals surface area contributed by atoms with Gasteiger partial charge in [0.05, 0.1) is 12.6 Å². The number of aliphatic carboxylic acids is 1. The Morgan fingerprint density at radius 3 is 1.63 bits per heavy atom. The van der Waals surface area contributed by atoms with Crippen LogP contribution in [-0.2, 0) is 75.2 Å². The SMILES string of the molecule is CC[C@H](C)[C@H](NC(=O)[C@H](C)NC(=O)[C@H](CCC(=O)O)NC(=O)CNC(=O)[C@H](CCCCN)NC(=O)[C@@H](N)CCCCN)C(=O)N[C@@H](Cc1ccc(O)cc1)C(=O)N[C@@H](C)C(=O)N[C@@H](C)C(=O)N1CCC[C@H]1C(=O)N[C@@H](Cc1ccccc1)C(=O)N[C@@H](C)C(N)=O. The van der Waals surface area contributed by atoms with E-state index < -0.39 is 169 Å². The van der Waals surface area contributed by atoms with Crippen molar-refractivity contribution in [3.63, 3.8) is 0 Å². The van der Waals surface area contributed by atoms with Crippen molar-refractivity contribution in [2.45, 2.75) is 191 Å². The summed E-state index contributed by atoms with van der Waals surface area (Å²) in [5.41, 5.74) is 23.7. The van der Waals surface area contributed by atoms with Crippen molar-refractivity contribution in [3.05, 3.63) is 65.7 Å². The van der Waals surface area contributed by atoms with Gasteiger partial charge in [0.2, 0.25) is 70.9 Å². The molecule has 0 radical (unpaired) electrons. The van der Waals surface area contributed by atoms with Gasteiger partial charge in [-0.3, -0.25) is 62.3 Å². The van der Waals surface area contributed by atoms with Crippen LogP contribution in [0.2, 0.25) is 0 Å². The standard InChI is InChI=1S/C60H93N15O15/c1-7-33(2)49(74-52(82)36(5)67-55(85)43(25-26-48(78)79)70-47(77)32-65-54(84)42(19-12-14-28-62)71-53(83)41(63)18-11-13-27-61)59(89)73-45(31-39-21-23-40(76)24-22-39)57(87)68-35(4)51(81)69-37(6)60(90)75-29-15-20-46(75)58(88)72-44(30-38-16-9-8-10-17-38)56(86)66-34(3)50(64)80/h8-10,16-17,21-24,33-37,41-46,49,76H,7,11-15,18-20,25-32,61-63H2,1-6H3,(H2,64,80)(H,65,84)(H,66,86)(H,67,85)(H,68,87)(H,69,81)(H,70,77)(H,71,83)(H,72,88)(H,73,89)(H,74,82)(H,78,79)/t33-,34-,35-,36-,37-,41-,42-,43-,44-,45-,46-,49-/m0/s1. The predicted molar refractivity (Wildman–Crippen MR) is 329 cm³/mol. The number of hydrogen-bond acceptors (Lipinski definition) is 17. The lowest BCUT2D eigenvalue weighted by atomic mass is 9.96. The smallest absolute Gasteiger partial charge is 0.303 e. The summed E-state index contributed by atoms with van der Waals surface area (Å²) in [4.78, 5) is 175. The second-order valence-electron chi connectivity index (χ2n) is 22.6. The fourth-order valence-electron chi connectivity index (χ4n) is 9.49. The highest BCUT2D eigenvalue weighted by molar-refractivity contribution is 5.99. The second-order valence-corrected chi connectivity index (χ2v) is 22.6. The summed E-state index contributed by atoms with van der Waals surface area (Å²) in [5, 5.41) is 44.9. The number of phenols is 1. The molecular weight excluding hydrogens is 1170 g/mol. The minimum absolute atomic E-state index is 0.0480. The van der Waals surface area contributed by atoms with Crippen LogP contribution in [0.4, 0.5) is 0 Å². The number of hydrogen-bond donors (Lipinski definition) is 16. The average molecular weight is 1260 g/mol. The number of nitrogens with one attached hydrogen (secondary N) is 10. The fourth-order valence-corrected chi connectivity index (χ4v) is 9.49. The van der Waals surface area contributed by atoms with Gasteiger partial charge >= 0.3 is 5.97 Å². The van der Waals surface area contributed by atoms with Crippen LogP contribution in [0.1, 0.15) is 123 Å². The van der Waals surface area contributed by atoms with Crippen LogP contribution in [0.5, 0.6) is 5.75 Å². The maximum atomic E-state index is 14.3. The van der Waals surface area contributed by atoms with Crippen molar-refractivity contribution >= 4 is 76.9 Å². The van der Waals surface area contributed by atoms with Gasteiger partial charge in [-0.05, 0) is 121 Å². The Labute approximate surface area is 523 Å². The highest BCUT2D eigenvalue weighted by atomic mass is 16.4. The van der Waals surface area contributed by atoms with Gasteiger partial charge in [0, 0.05) is 25.8 Å². The summed E-state index contributed by atoms with van der Waals surface area (Å²) in [6.07, 6.45) is 2.44. The molecule has 0 spiro atoms. The quantitative estimate of drug-likeness (QED) is 0.0292. The lowest BCUT2D eigenvalue weighted by Gasteiger charge is -2.30. The van der Waals surface area contributed by atoms with Crippen molar-refractivity contribution in [1.82, 2.24) is 58.1 Å². The maximum Gasteiger partial charge on any atom is 0.303 e. The first-order valence-corrected chi connectivity index (χ1v) is 30.4. The Balaban J connectivity index is 1.72. The van der Waals surface area contributed by atoms with Crippen LogP contribution < -0.4 is 76.1 Å². The molecule has 1 saturated heterocycles. The van der Waals surface area contributed by atoms with Gasteiger partial charge in [-0.1, -0.05) is 69.2 Å². The number of carboxylic acids is 1. The third-order valence-electron chi connectivity index (χ3n) is 15.2. The van der Waals surface area contributed by atoms with Crippen molar-refractivity contribution in [2.24, 2.45) is 28.9 Å². The van der Waals surface area contributed by atoms with E-state index in [-0.39, 0.29) is 38.0 Å². The molecule has 2 aromatic rings. The zero-order chi connectivity index (χ0) is 67.2. The highest BCUT2D eigenvalue weighted by Gasteiger charge is 2.39. The van der Waals surface area contributed by atoms with Crippen LogP contribution in [0.3, 0.4) is 0 Å². The molecule has 90 heavy (non-hydrogen) atoms. The first-order chi connectivity index (χ1) is 42.6. The number of carbonyl (C=O) groups excluding carboxylic acids is 12. The van der Waals surface area contributed by atoms with Crippen LogP contribution >= 0.6 is 0 Å². The van der Waals surface area contributed by atoms with Gasteiger partial charge in [-0.2, -0.15) is 0 Å². The molecule has 0 unspecified atom stereocenters. The summed E-state index contributed by atoms with van der Waals surface area (Å²) in [5.74, 6) is -11.5. The second kappa shape index (κ2) is 38.6. The minimum Gasteiger partial charge on any atom is -0.508 e. The van der Waals surface area contributed by atoms with Crippen LogP contribution in [0.15, 0.2) is 54.6 Å². The fraction of sp³-hybridized carbons (Fsp3) is 0.583. The molecule has 1 aliphatic rings. The first kappa shape index (κ1) is 75.5. The Morgan fingerprint density at radius 1 is 0.556 bits per heavy atom. The Bertz CT molecular complexity index is 2780. The lowest BCUT2D eigenvalue weighted by Crippen LogP contribution is -2.60. The molecule has 1 aliphatic heterocycles. The number of unbranched alkanes of at least 4 members (excludes halogenated alkanes) is 2. The van der Waals surface area contributed by atoms with Crippen LogP contribution in [0, 0.1) is 5.92 Å². The largest absolute Gasteiger partial charge is 0.508 e. The number of rotatable bonds is 39. The number of nitrogens with two attached hydrogens (primary N) is 4. The molecule has 12 atom stereocenters. The molecule has 3 rings (SSSR count). The molecule has 20 N–H and O–H groups in total. The van der Waals surface area contributed by atoms with E-state index in [1.54, 1.807) is 44.2 Å². The van der Waals surface area contributed by atoms with E-state index in [1.165, 1.54) is 56.9 Å². The van der Waals surface area contributed by atoms with E-state index in [2.05, 4.69) is 53.2 Å². The number of carboxylic acid groups (broad SMARTS) is 1. The van der Waals surface area contributed by atoms with E-state index in [0.29, 0.717) is 69.2 Å². The molecule has 0 saturated carbocycles. The van der Waals surface area contributed by atoms with Crippen molar-refractivity contribution in [1.29, 1.82) is 0 Å². The topological polar surface area (TPSA) is 490 Å². The number of likely N-dealkylation sites (tertiary alicyclic amines) is 1. The van der Waals surface area contributed by atoms with Gasteiger partial charge in [0.25, 0.3) is 0 Å². The number of amides is 12. The third kappa shape index (κ3) is 25.7. The number of primary amides is 1. The molecule has 498 valence electrons.